The van der Waals surface area contributed by atoms with Crippen LogP contribution >= 0.6 is 12.2 Å². The van der Waals surface area contributed by atoms with E-state index in [-0.39, 0.29) is 5.41 Å². The molecule has 0 bridgehead atoms. The molecule has 7 atom stereocenters. The molecule has 1 nitrogen and oxygen atoms in total. The van der Waals surface area contributed by atoms with Gasteiger partial charge < -0.3 is 5.11 Å². The molecule has 4 rings (SSSR count). The number of hydrogen-bond donors (Lipinski definition) is 1. The predicted molar refractivity (Wildman–Crippen MR) is 98.0 cm³/mol. The van der Waals surface area contributed by atoms with E-state index in [9.17, 15) is 5.11 Å². The zero-order chi connectivity index (χ0) is 16.4. The zero-order valence-electron chi connectivity index (χ0n) is 14.3. The summed E-state index contributed by atoms with van der Waals surface area (Å²) in [4.78, 5) is 1.16. The van der Waals surface area contributed by atoms with Crippen LogP contribution in [0.1, 0.15) is 58.8 Å². The van der Waals surface area contributed by atoms with Gasteiger partial charge in [0.05, 0.1) is 0 Å². The average Bonchev–Trinajstić information content (AvgIpc) is 2.79. The van der Waals surface area contributed by atoms with E-state index < -0.39 is 5.60 Å². The second-order valence-corrected chi connectivity index (χ2v) is 9.38. The lowest BCUT2D eigenvalue weighted by molar-refractivity contribution is -0.0975. The Morgan fingerprint density at radius 2 is 2.09 bits per heavy atom. The van der Waals surface area contributed by atoms with Crippen LogP contribution in [0.3, 0.4) is 0 Å². The highest BCUT2D eigenvalue weighted by molar-refractivity contribution is 7.80. The van der Waals surface area contributed by atoms with E-state index in [0.29, 0.717) is 11.8 Å². The highest BCUT2D eigenvalue weighted by Gasteiger charge is 2.62. The fourth-order valence-corrected chi connectivity index (χ4v) is 7.11. The first kappa shape index (κ1) is 15.9. The number of allylic oxidation sites excluding steroid dienone is 2. The molecule has 124 valence electrons. The normalized spacial score (nSPS) is 52.0. The number of thiocarbonyl (C=S) groups is 1. The number of rotatable bonds is 0. The van der Waals surface area contributed by atoms with Crippen LogP contribution in [0, 0.1) is 47.3 Å². The summed E-state index contributed by atoms with van der Waals surface area (Å²) >= 11 is 5.47. The van der Waals surface area contributed by atoms with E-state index in [4.69, 9.17) is 18.6 Å². The number of terminal acetylenes is 1. The molecule has 4 aliphatic carbocycles. The van der Waals surface area contributed by atoms with Crippen molar-refractivity contribution in [1.29, 1.82) is 0 Å². The maximum absolute atomic E-state index is 11.0. The van der Waals surface area contributed by atoms with Gasteiger partial charge in [0.25, 0.3) is 0 Å². The summed E-state index contributed by atoms with van der Waals surface area (Å²) in [6.07, 6.45) is 15.8. The molecule has 3 fully saturated rings. The minimum atomic E-state index is -0.882. The maximum Gasteiger partial charge on any atom is 0.130 e. The van der Waals surface area contributed by atoms with Crippen molar-refractivity contribution in [3.63, 3.8) is 0 Å². The van der Waals surface area contributed by atoms with Crippen molar-refractivity contribution in [3.8, 4) is 12.3 Å². The van der Waals surface area contributed by atoms with Crippen LogP contribution in [0.2, 0.25) is 0 Å². The average molecular weight is 329 g/mol. The number of aliphatic hydroxyl groups is 1. The van der Waals surface area contributed by atoms with Gasteiger partial charge in [-0.3, -0.25) is 0 Å². The highest BCUT2D eigenvalue weighted by Crippen LogP contribution is 2.65. The molecular formula is C21H28OS. The van der Waals surface area contributed by atoms with Gasteiger partial charge in [0, 0.05) is 10.3 Å². The monoisotopic (exact) mass is 328 g/mol. The number of fused-ring (bicyclic) bond motifs is 5. The van der Waals surface area contributed by atoms with Gasteiger partial charge in [0.15, 0.2) is 0 Å². The van der Waals surface area contributed by atoms with Crippen LogP contribution in [0.5, 0.6) is 0 Å². The summed E-state index contributed by atoms with van der Waals surface area (Å²) < 4.78 is 0. The summed E-state index contributed by atoms with van der Waals surface area (Å²) in [6.45, 7) is 4.69. The Hall–Kier alpha value is -0.650. The molecule has 4 aliphatic rings. The van der Waals surface area contributed by atoms with Gasteiger partial charge >= 0.3 is 0 Å². The number of hydrogen-bond acceptors (Lipinski definition) is 2. The zero-order valence-corrected chi connectivity index (χ0v) is 15.2. The molecule has 2 heteroatoms. The standard InChI is InChI=1S/C21H28OS/c1-4-21(22)10-8-18-19-13(2)11-14-12-15(23)5-6-16(14)17(19)7-9-20(18,21)3/h1,12-13,16-19,22H,5-11H2,2-3H3/t13-,16?,17?,18?,19?,20+,21+/m1/s1. The lowest BCUT2D eigenvalue weighted by Gasteiger charge is -2.57. The van der Waals surface area contributed by atoms with E-state index in [0.717, 1.165) is 48.3 Å². The molecule has 0 aromatic heterocycles. The van der Waals surface area contributed by atoms with E-state index in [2.05, 4.69) is 25.8 Å². The molecule has 0 amide bonds. The summed E-state index contributed by atoms with van der Waals surface area (Å²) in [6, 6.07) is 0. The Morgan fingerprint density at radius 1 is 1.30 bits per heavy atom. The summed E-state index contributed by atoms with van der Waals surface area (Å²) in [7, 11) is 0. The fraction of sp³-hybridized carbons (Fsp3) is 0.762. The Balaban J connectivity index is 1.70. The third-order valence-electron chi connectivity index (χ3n) is 8.03. The lowest BCUT2D eigenvalue weighted by Crippen LogP contribution is -2.53. The minimum absolute atomic E-state index is 0.0810. The molecule has 23 heavy (non-hydrogen) atoms. The molecule has 0 aromatic rings. The van der Waals surface area contributed by atoms with Crippen LogP contribution in [0.15, 0.2) is 11.6 Å². The molecule has 0 saturated heterocycles. The molecule has 0 spiro atoms. The van der Waals surface area contributed by atoms with Crippen LogP contribution in [-0.4, -0.2) is 15.6 Å². The van der Waals surface area contributed by atoms with E-state index in [1.165, 1.54) is 19.3 Å². The molecule has 0 heterocycles. The Labute approximate surface area is 145 Å². The molecule has 0 aliphatic heterocycles. The predicted octanol–water partition coefficient (Wildman–Crippen LogP) is 4.54. The van der Waals surface area contributed by atoms with Gasteiger partial charge in [-0.15, -0.1) is 6.42 Å². The van der Waals surface area contributed by atoms with Crippen LogP contribution in [0.25, 0.3) is 0 Å². The summed E-state index contributed by atoms with van der Waals surface area (Å²) in [5.41, 5.74) is 0.665. The fourth-order valence-electron chi connectivity index (χ4n) is 6.84. The van der Waals surface area contributed by atoms with Crippen molar-refractivity contribution in [3.05, 3.63) is 11.6 Å². The topological polar surface area (TPSA) is 20.2 Å². The largest absolute Gasteiger partial charge is 0.377 e. The van der Waals surface area contributed by atoms with Gasteiger partial charge in [-0.1, -0.05) is 37.6 Å². The van der Waals surface area contributed by atoms with Crippen molar-refractivity contribution >= 4 is 17.1 Å². The molecule has 0 radical (unpaired) electrons. The van der Waals surface area contributed by atoms with Gasteiger partial charge in [0.1, 0.15) is 5.60 Å². The first-order valence-electron chi connectivity index (χ1n) is 9.33. The van der Waals surface area contributed by atoms with Crippen molar-refractivity contribution < 1.29 is 5.11 Å². The van der Waals surface area contributed by atoms with Crippen molar-refractivity contribution in [1.82, 2.24) is 0 Å². The smallest absolute Gasteiger partial charge is 0.130 e. The third kappa shape index (κ3) is 2.06. The van der Waals surface area contributed by atoms with Gasteiger partial charge in [0.2, 0.25) is 0 Å². The van der Waals surface area contributed by atoms with Crippen LogP contribution in [0.4, 0.5) is 0 Å². The van der Waals surface area contributed by atoms with E-state index in [1.54, 1.807) is 5.57 Å². The quantitative estimate of drug-likeness (QED) is 0.520. The second kappa shape index (κ2) is 5.17. The third-order valence-corrected chi connectivity index (χ3v) is 8.35. The molecule has 0 aromatic carbocycles. The van der Waals surface area contributed by atoms with Gasteiger partial charge in [-0.05, 0) is 80.6 Å². The Morgan fingerprint density at radius 3 is 2.83 bits per heavy atom. The maximum atomic E-state index is 11.0. The molecule has 3 saturated carbocycles. The van der Waals surface area contributed by atoms with Gasteiger partial charge in [-0.25, -0.2) is 0 Å². The van der Waals surface area contributed by atoms with Crippen molar-refractivity contribution in [2.45, 2.75) is 64.4 Å². The summed E-state index contributed by atoms with van der Waals surface area (Å²) in [5, 5.41) is 11.0. The SMILES string of the molecule is C#C[C@]1(O)CCC2C3C(CC[C@@]21C)C1CCC(=S)C=C1C[C@H]3C. The summed E-state index contributed by atoms with van der Waals surface area (Å²) in [5.74, 6) is 6.31. The van der Waals surface area contributed by atoms with Crippen molar-refractivity contribution in [2.24, 2.45) is 35.0 Å². The first-order valence-corrected chi connectivity index (χ1v) is 9.74. The lowest BCUT2D eigenvalue weighted by atomic mass is 9.48. The van der Waals surface area contributed by atoms with E-state index in [1.807, 2.05) is 0 Å². The molecular weight excluding hydrogens is 300 g/mol. The minimum Gasteiger partial charge on any atom is -0.377 e. The second-order valence-electron chi connectivity index (χ2n) is 8.86. The van der Waals surface area contributed by atoms with Crippen molar-refractivity contribution in [2.75, 3.05) is 0 Å². The van der Waals surface area contributed by atoms with Gasteiger partial charge in [-0.2, -0.15) is 0 Å². The Kier molecular flexibility index (Phi) is 3.56. The molecule has 1 N–H and O–H groups in total. The van der Waals surface area contributed by atoms with Crippen LogP contribution in [-0.2, 0) is 0 Å². The first-order chi connectivity index (χ1) is 10.9. The van der Waals surface area contributed by atoms with Crippen LogP contribution < -0.4 is 0 Å². The Bertz CT molecular complexity index is 614. The molecule has 4 unspecified atom stereocenters. The highest BCUT2D eigenvalue weighted by atomic mass is 32.1. The van der Waals surface area contributed by atoms with E-state index >= 15 is 0 Å².